The minimum atomic E-state index is 0.0159. The third kappa shape index (κ3) is 3.61. The van der Waals surface area contributed by atoms with Crippen LogP contribution in [0.15, 0.2) is 18.6 Å². The molecule has 6 heteroatoms. The predicted octanol–water partition coefficient (Wildman–Crippen LogP) is 3.58. The maximum absolute atomic E-state index is 12.7. The number of rotatable bonds is 6. The fraction of sp³-hybridized carbons (Fsp3) is 0.650. The molecular weight excluding hydrogens is 328 g/mol. The second kappa shape index (κ2) is 7.74. The summed E-state index contributed by atoms with van der Waals surface area (Å²) in [5.74, 6) is 0.0159. The second-order valence-electron chi connectivity index (χ2n) is 7.66. The molecule has 1 aliphatic carbocycles. The summed E-state index contributed by atoms with van der Waals surface area (Å²) in [6, 6.07) is 2.39. The molecule has 0 radical (unpaired) electrons. The lowest BCUT2D eigenvalue weighted by atomic mass is 10.1. The number of imidazole rings is 1. The van der Waals surface area contributed by atoms with Gasteiger partial charge in [-0.05, 0) is 44.6 Å². The van der Waals surface area contributed by atoms with E-state index < -0.39 is 0 Å². The SMILES string of the molecule is CN(CCCC1CCCO1)C(=O)c1cnc2c(c1)ncn2C1CCCC1. The number of carbonyl (C=O) groups is 1. The van der Waals surface area contributed by atoms with E-state index in [-0.39, 0.29) is 5.91 Å². The van der Waals surface area contributed by atoms with E-state index in [0.717, 1.165) is 43.6 Å². The Morgan fingerprint density at radius 2 is 2.12 bits per heavy atom. The number of carbonyl (C=O) groups excluding carboxylic acids is 1. The summed E-state index contributed by atoms with van der Waals surface area (Å²) in [4.78, 5) is 23.5. The van der Waals surface area contributed by atoms with E-state index in [0.29, 0.717) is 17.7 Å². The largest absolute Gasteiger partial charge is 0.378 e. The molecule has 1 saturated carbocycles. The van der Waals surface area contributed by atoms with Crippen molar-refractivity contribution >= 4 is 17.1 Å². The molecule has 1 atom stereocenters. The van der Waals surface area contributed by atoms with Crippen LogP contribution in [0.1, 0.15) is 67.8 Å². The Kier molecular flexibility index (Phi) is 5.20. The molecule has 1 aliphatic heterocycles. The lowest BCUT2D eigenvalue weighted by molar-refractivity contribution is 0.0763. The zero-order valence-corrected chi connectivity index (χ0v) is 15.6. The Balaban J connectivity index is 1.39. The number of aromatic nitrogens is 3. The van der Waals surface area contributed by atoms with Crippen LogP contribution in [0.25, 0.3) is 11.2 Å². The van der Waals surface area contributed by atoms with Gasteiger partial charge in [-0.15, -0.1) is 0 Å². The van der Waals surface area contributed by atoms with E-state index in [9.17, 15) is 4.79 Å². The van der Waals surface area contributed by atoms with E-state index in [2.05, 4.69) is 14.5 Å². The van der Waals surface area contributed by atoms with E-state index in [4.69, 9.17) is 4.74 Å². The van der Waals surface area contributed by atoms with Crippen LogP contribution in [0.4, 0.5) is 0 Å². The minimum Gasteiger partial charge on any atom is -0.378 e. The van der Waals surface area contributed by atoms with Crippen LogP contribution in [0, 0.1) is 0 Å². The number of amides is 1. The van der Waals surface area contributed by atoms with Crippen LogP contribution in [0.2, 0.25) is 0 Å². The average Bonchev–Trinajstić information content (AvgIpc) is 3.40. The van der Waals surface area contributed by atoms with Crippen LogP contribution in [-0.2, 0) is 4.74 Å². The molecule has 4 rings (SSSR count). The maximum atomic E-state index is 12.7. The van der Waals surface area contributed by atoms with Crippen LogP contribution in [-0.4, -0.2) is 51.6 Å². The van der Waals surface area contributed by atoms with Gasteiger partial charge in [0.2, 0.25) is 0 Å². The standard InChI is InChI=1S/C20H28N4O2/c1-23(10-4-8-17-9-5-11-26-17)20(25)15-12-18-19(21-13-15)24(14-22-18)16-6-2-3-7-16/h12-14,16-17H,2-11H2,1H3. The van der Waals surface area contributed by atoms with Gasteiger partial charge in [-0.3, -0.25) is 4.79 Å². The van der Waals surface area contributed by atoms with Crippen molar-refractivity contribution in [2.24, 2.45) is 0 Å². The molecule has 140 valence electrons. The van der Waals surface area contributed by atoms with E-state index in [1.165, 1.54) is 32.1 Å². The monoisotopic (exact) mass is 356 g/mol. The van der Waals surface area contributed by atoms with E-state index >= 15 is 0 Å². The summed E-state index contributed by atoms with van der Waals surface area (Å²) >= 11 is 0. The smallest absolute Gasteiger partial charge is 0.255 e. The average molecular weight is 356 g/mol. The highest BCUT2D eigenvalue weighted by Crippen LogP contribution is 2.31. The molecule has 1 amide bonds. The van der Waals surface area contributed by atoms with Gasteiger partial charge in [0, 0.05) is 32.4 Å². The van der Waals surface area contributed by atoms with E-state index in [1.54, 1.807) is 11.1 Å². The minimum absolute atomic E-state index is 0.0159. The van der Waals surface area contributed by atoms with Gasteiger partial charge in [-0.25, -0.2) is 9.97 Å². The topological polar surface area (TPSA) is 60.2 Å². The highest BCUT2D eigenvalue weighted by Gasteiger charge is 2.21. The summed E-state index contributed by atoms with van der Waals surface area (Å²) in [6.45, 7) is 1.63. The highest BCUT2D eigenvalue weighted by molar-refractivity contribution is 5.96. The highest BCUT2D eigenvalue weighted by atomic mass is 16.5. The Labute approximate surface area is 154 Å². The summed E-state index contributed by atoms with van der Waals surface area (Å²) < 4.78 is 7.83. The van der Waals surface area contributed by atoms with Gasteiger partial charge in [-0.1, -0.05) is 12.8 Å². The summed E-state index contributed by atoms with van der Waals surface area (Å²) in [6.07, 6.45) is 13.2. The van der Waals surface area contributed by atoms with Crippen LogP contribution in [0.3, 0.4) is 0 Å². The maximum Gasteiger partial charge on any atom is 0.255 e. The van der Waals surface area contributed by atoms with Crippen molar-refractivity contribution in [3.63, 3.8) is 0 Å². The van der Waals surface area contributed by atoms with Crippen molar-refractivity contribution < 1.29 is 9.53 Å². The fourth-order valence-corrected chi connectivity index (χ4v) is 4.24. The molecule has 0 N–H and O–H groups in total. The first-order chi connectivity index (χ1) is 12.7. The zero-order chi connectivity index (χ0) is 17.9. The Morgan fingerprint density at radius 1 is 1.27 bits per heavy atom. The molecule has 1 saturated heterocycles. The number of fused-ring (bicyclic) bond motifs is 1. The van der Waals surface area contributed by atoms with Crippen molar-refractivity contribution in [2.75, 3.05) is 20.2 Å². The molecule has 6 nitrogen and oxygen atoms in total. The lowest BCUT2D eigenvalue weighted by Gasteiger charge is -2.18. The van der Waals surface area contributed by atoms with Crippen LogP contribution in [0.5, 0.6) is 0 Å². The van der Waals surface area contributed by atoms with Gasteiger partial charge < -0.3 is 14.2 Å². The molecule has 2 fully saturated rings. The van der Waals surface area contributed by atoms with Crippen LogP contribution >= 0.6 is 0 Å². The molecule has 26 heavy (non-hydrogen) atoms. The normalized spacial score (nSPS) is 20.9. The third-order valence-electron chi connectivity index (χ3n) is 5.77. The van der Waals surface area contributed by atoms with Crippen LogP contribution < -0.4 is 0 Å². The number of ether oxygens (including phenoxy) is 1. The Hall–Kier alpha value is -1.95. The van der Waals surface area contributed by atoms with Crippen molar-refractivity contribution in [1.82, 2.24) is 19.4 Å². The molecule has 2 aromatic rings. The molecular formula is C20H28N4O2. The van der Waals surface area contributed by atoms with Gasteiger partial charge in [0.1, 0.15) is 5.52 Å². The number of hydrogen-bond acceptors (Lipinski definition) is 4. The van der Waals surface area contributed by atoms with E-state index in [1.807, 2.05) is 19.4 Å². The predicted molar refractivity (Wildman–Crippen MR) is 100 cm³/mol. The van der Waals surface area contributed by atoms with Crippen molar-refractivity contribution in [3.8, 4) is 0 Å². The van der Waals surface area contributed by atoms with Gasteiger partial charge in [0.25, 0.3) is 5.91 Å². The number of nitrogens with zero attached hydrogens (tertiary/aromatic N) is 4. The first-order valence-electron chi connectivity index (χ1n) is 9.92. The molecule has 3 heterocycles. The third-order valence-corrected chi connectivity index (χ3v) is 5.77. The molecule has 2 aromatic heterocycles. The number of hydrogen-bond donors (Lipinski definition) is 0. The number of pyridine rings is 1. The molecule has 0 spiro atoms. The van der Waals surface area contributed by atoms with Gasteiger partial charge in [0.05, 0.1) is 18.0 Å². The second-order valence-corrected chi connectivity index (χ2v) is 7.66. The Bertz CT molecular complexity index is 760. The molecule has 0 aromatic carbocycles. The summed E-state index contributed by atoms with van der Waals surface area (Å²) in [5, 5.41) is 0. The fourth-order valence-electron chi connectivity index (χ4n) is 4.24. The Morgan fingerprint density at radius 3 is 2.88 bits per heavy atom. The zero-order valence-electron chi connectivity index (χ0n) is 15.6. The summed E-state index contributed by atoms with van der Waals surface area (Å²) in [5.41, 5.74) is 2.33. The van der Waals surface area contributed by atoms with Crippen molar-refractivity contribution in [1.29, 1.82) is 0 Å². The first-order valence-corrected chi connectivity index (χ1v) is 9.92. The molecule has 2 aliphatic rings. The molecule has 1 unspecified atom stereocenters. The van der Waals surface area contributed by atoms with Crippen molar-refractivity contribution in [2.45, 2.75) is 63.5 Å². The summed E-state index contributed by atoms with van der Waals surface area (Å²) in [7, 11) is 1.86. The van der Waals surface area contributed by atoms with Crippen molar-refractivity contribution in [3.05, 3.63) is 24.2 Å². The lowest BCUT2D eigenvalue weighted by Crippen LogP contribution is -2.28. The first kappa shape index (κ1) is 17.5. The molecule has 0 bridgehead atoms. The van der Waals surface area contributed by atoms with Gasteiger partial charge in [-0.2, -0.15) is 0 Å². The quantitative estimate of drug-likeness (QED) is 0.794. The van der Waals surface area contributed by atoms with Gasteiger partial charge >= 0.3 is 0 Å². The van der Waals surface area contributed by atoms with Gasteiger partial charge in [0.15, 0.2) is 5.65 Å².